The zero-order valence-electron chi connectivity index (χ0n) is 10.8. The van der Waals surface area contributed by atoms with Crippen molar-refractivity contribution in [3.63, 3.8) is 0 Å². The van der Waals surface area contributed by atoms with Crippen molar-refractivity contribution < 1.29 is 4.79 Å². The second kappa shape index (κ2) is 4.98. The van der Waals surface area contributed by atoms with Crippen molar-refractivity contribution in [2.75, 3.05) is 33.2 Å². The maximum Gasteiger partial charge on any atom is 0.271 e. The number of benzene rings is 1. The Morgan fingerprint density at radius 3 is 2.58 bits per heavy atom. The van der Waals surface area contributed by atoms with Crippen LogP contribution >= 0.6 is 15.9 Å². The zero-order chi connectivity index (χ0) is 13.4. The number of halogens is 1. The molecule has 0 atom stereocenters. The Bertz CT molecular complexity index is 614. The lowest BCUT2D eigenvalue weighted by Gasteiger charge is -2.32. The lowest BCUT2D eigenvalue weighted by atomic mass is 10.2. The van der Waals surface area contributed by atoms with Crippen LogP contribution in [0.25, 0.3) is 10.9 Å². The minimum atomic E-state index is 0.0798. The Morgan fingerprint density at radius 2 is 1.89 bits per heavy atom. The summed E-state index contributed by atoms with van der Waals surface area (Å²) in [5, 5.41) is 1.06. The van der Waals surface area contributed by atoms with Gasteiger partial charge in [0.2, 0.25) is 0 Å². The molecule has 1 aliphatic heterocycles. The highest BCUT2D eigenvalue weighted by Gasteiger charge is 2.24. The van der Waals surface area contributed by atoms with E-state index >= 15 is 0 Å². The van der Waals surface area contributed by atoms with E-state index in [-0.39, 0.29) is 5.91 Å². The molecule has 0 saturated carbocycles. The monoisotopic (exact) mass is 321 g/mol. The minimum absolute atomic E-state index is 0.0798. The number of hydrogen-bond acceptors (Lipinski definition) is 2. The van der Waals surface area contributed by atoms with Crippen LogP contribution in [-0.4, -0.2) is 53.9 Å². The van der Waals surface area contributed by atoms with Crippen molar-refractivity contribution in [3.8, 4) is 0 Å². The van der Waals surface area contributed by atoms with Gasteiger partial charge in [-0.15, -0.1) is 0 Å². The molecule has 4 nitrogen and oxygen atoms in total. The fourth-order valence-electron chi connectivity index (χ4n) is 2.42. The molecule has 1 aromatic carbocycles. The summed E-state index contributed by atoms with van der Waals surface area (Å²) in [4.78, 5) is 19.9. The van der Waals surface area contributed by atoms with Crippen molar-refractivity contribution in [1.82, 2.24) is 14.8 Å². The molecule has 0 unspecified atom stereocenters. The molecule has 1 N–H and O–H groups in total. The molecule has 2 heterocycles. The third kappa shape index (κ3) is 2.28. The van der Waals surface area contributed by atoms with Crippen molar-refractivity contribution in [2.45, 2.75) is 0 Å². The number of fused-ring (bicyclic) bond motifs is 1. The number of amides is 1. The van der Waals surface area contributed by atoms with Gasteiger partial charge in [-0.25, -0.2) is 0 Å². The third-order valence-corrected chi connectivity index (χ3v) is 4.47. The van der Waals surface area contributed by atoms with Crippen LogP contribution in [-0.2, 0) is 0 Å². The van der Waals surface area contributed by atoms with E-state index < -0.39 is 0 Å². The fourth-order valence-corrected chi connectivity index (χ4v) is 3.04. The molecule has 1 amide bonds. The molecule has 3 rings (SSSR count). The maximum absolute atomic E-state index is 12.5. The van der Waals surface area contributed by atoms with E-state index in [0.717, 1.165) is 41.6 Å². The van der Waals surface area contributed by atoms with Crippen LogP contribution in [0.2, 0.25) is 0 Å². The summed E-state index contributed by atoms with van der Waals surface area (Å²) in [6.45, 7) is 3.45. The average molecular weight is 322 g/mol. The molecule has 5 heteroatoms. The number of H-pyrrole nitrogens is 1. The fraction of sp³-hybridized carbons (Fsp3) is 0.357. The first-order chi connectivity index (χ1) is 9.16. The van der Waals surface area contributed by atoms with Crippen molar-refractivity contribution in [2.24, 2.45) is 0 Å². The number of piperazine rings is 1. The van der Waals surface area contributed by atoms with Gasteiger partial charge in [0.05, 0.1) is 4.47 Å². The lowest BCUT2D eigenvalue weighted by molar-refractivity contribution is 0.0658. The van der Waals surface area contributed by atoms with E-state index in [9.17, 15) is 4.79 Å². The van der Waals surface area contributed by atoms with Gasteiger partial charge >= 0.3 is 0 Å². The molecular formula is C14H16BrN3O. The van der Waals surface area contributed by atoms with Crippen LogP contribution in [0.1, 0.15) is 10.5 Å². The van der Waals surface area contributed by atoms with Crippen molar-refractivity contribution >= 4 is 32.7 Å². The van der Waals surface area contributed by atoms with Gasteiger partial charge in [-0.2, -0.15) is 0 Å². The van der Waals surface area contributed by atoms with Crippen molar-refractivity contribution in [3.05, 3.63) is 34.4 Å². The number of hydrogen-bond donors (Lipinski definition) is 1. The number of carbonyl (C=O) groups is 1. The second-order valence-electron chi connectivity index (χ2n) is 4.96. The molecule has 1 aromatic heterocycles. The molecule has 2 aromatic rings. The number of para-hydroxylation sites is 1. The number of aromatic nitrogens is 1. The van der Waals surface area contributed by atoms with E-state index in [0.29, 0.717) is 5.69 Å². The number of rotatable bonds is 1. The Labute approximate surface area is 120 Å². The van der Waals surface area contributed by atoms with Gasteiger partial charge in [0, 0.05) is 37.1 Å². The predicted molar refractivity (Wildman–Crippen MR) is 79.4 cm³/mol. The first kappa shape index (κ1) is 12.7. The Balaban J connectivity index is 1.91. The van der Waals surface area contributed by atoms with Crippen LogP contribution in [0.3, 0.4) is 0 Å². The lowest BCUT2D eigenvalue weighted by Crippen LogP contribution is -2.47. The molecular weight excluding hydrogens is 306 g/mol. The Morgan fingerprint density at radius 1 is 1.21 bits per heavy atom. The van der Waals surface area contributed by atoms with Gasteiger partial charge < -0.3 is 14.8 Å². The number of likely N-dealkylation sites (N-methyl/N-ethyl adjacent to an activating group) is 1. The normalized spacial score (nSPS) is 17.1. The Kier molecular flexibility index (Phi) is 3.33. The highest BCUT2D eigenvalue weighted by atomic mass is 79.9. The Hall–Kier alpha value is -1.33. The first-order valence-corrected chi connectivity index (χ1v) is 7.20. The smallest absolute Gasteiger partial charge is 0.271 e. The van der Waals surface area contributed by atoms with Crippen LogP contribution in [0, 0.1) is 0 Å². The molecule has 0 bridgehead atoms. The second-order valence-corrected chi connectivity index (χ2v) is 5.75. The molecule has 19 heavy (non-hydrogen) atoms. The quantitative estimate of drug-likeness (QED) is 0.875. The number of nitrogens with one attached hydrogen (secondary N) is 1. The van der Waals surface area contributed by atoms with Gasteiger partial charge in [0.15, 0.2) is 0 Å². The predicted octanol–water partition coefficient (Wildman–Crippen LogP) is 2.32. The van der Waals surface area contributed by atoms with Crippen LogP contribution in [0.5, 0.6) is 0 Å². The van der Waals surface area contributed by atoms with E-state index in [1.165, 1.54) is 0 Å². The third-order valence-electron chi connectivity index (χ3n) is 3.65. The van der Waals surface area contributed by atoms with E-state index in [1.807, 2.05) is 29.2 Å². The topological polar surface area (TPSA) is 39.3 Å². The standard InChI is InChI=1S/C14H16BrN3O/c1-17-6-8-18(9-7-17)14(19)13-12(15)10-4-2-3-5-11(10)16-13/h2-5,16H,6-9H2,1H3. The largest absolute Gasteiger partial charge is 0.350 e. The first-order valence-electron chi connectivity index (χ1n) is 6.41. The summed E-state index contributed by atoms with van der Waals surface area (Å²) in [7, 11) is 2.08. The van der Waals surface area contributed by atoms with Gasteiger partial charge in [0.1, 0.15) is 5.69 Å². The average Bonchev–Trinajstić information content (AvgIpc) is 2.77. The molecule has 1 fully saturated rings. The number of carbonyl (C=O) groups excluding carboxylic acids is 1. The summed E-state index contributed by atoms with van der Waals surface area (Å²) in [6.07, 6.45) is 0. The summed E-state index contributed by atoms with van der Waals surface area (Å²) >= 11 is 3.54. The maximum atomic E-state index is 12.5. The van der Waals surface area contributed by atoms with Crippen LogP contribution < -0.4 is 0 Å². The molecule has 1 aliphatic rings. The van der Waals surface area contributed by atoms with Gasteiger partial charge in [-0.1, -0.05) is 18.2 Å². The molecule has 0 radical (unpaired) electrons. The van der Waals surface area contributed by atoms with Gasteiger partial charge in [-0.05, 0) is 29.0 Å². The molecule has 100 valence electrons. The summed E-state index contributed by atoms with van der Waals surface area (Å²) < 4.78 is 0.868. The highest BCUT2D eigenvalue weighted by Crippen LogP contribution is 2.28. The molecule has 0 aliphatic carbocycles. The van der Waals surface area contributed by atoms with E-state index in [2.05, 4.69) is 32.9 Å². The highest BCUT2D eigenvalue weighted by molar-refractivity contribution is 9.10. The minimum Gasteiger partial charge on any atom is -0.350 e. The SMILES string of the molecule is CN1CCN(C(=O)c2[nH]c3ccccc3c2Br)CC1. The van der Waals surface area contributed by atoms with Crippen LogP contribution in [0.15, 0.2) is 28.7 Å². The van der Waals surface area contributed by atoms with Crippen LogP contribution in [0.4, 0.5) is 0 Å². The summed E-state index contributed by atoms with van der Waals surface area (Å²) in [5.41, 5.74) is 1.65. The molecule has 1 saturated heterocycles. The molecule has 0 spiro atoms. The van der Waals surface area contributed by atoms with Crippen molar-refractivity contribution in [1.29, 1.82) is 0 Å². The summed E-state index contributed by atoms with van der Waals surface area (Å²) in [6, 6.07) is 7.94. The van der Waals surface area contributed by atoms with Gasteiger partial charge in [-0.3, -0.25) is 4.79 Å². The zero-order valence-corrected chi connectivity index (χ0v) is 12.4. The summed E-state index contributed by atoms with van der Waals surface area (Å²) in [5.74, 6) is 0.0798. The van der Waals surface area contributed by atoms with Gasteiger partial charge in [0.25, 0.3) is 5.91 Å². The van der Waals surface area contributed by atoms with E-state index in [4.69, 9.17) is 0 Å². The number of nitrogens with zero attached hydrogens (tertiary/aromatic N) is 2. The number of aromatic amines is 1. The van der Waals surface area contributed by atoms with E-state index in [1.54, 1.807) is 0 Å².